The van der Waals surface area contributed by atoms with E-state index >= 15 is 0 Å². The Morgan fingerprint density at radius 1 is 1.35 bits per heavy atom. The number of aromatic amines is 2. The molecule has 0 radical (unpaired) electrons. The Kier molecular flexibility index (Phi) is 5.26. The summed E-state index contributed by atoms with van der Waals surface area (Å²) >= 11 is 0. The molecule has 0 bridgehead atoms. The van der Waals surface area contributed by atoms with Gasteiger partial charge in [-0.05, 0) is 26.7 Å². The molecule has 0 fully saturated rings. The first-order chi connectivity index (χ1) is 9.31. The summed E-state index contributed by atoms with van der Waals surface area (Å²) < 4.78 is 0. The number of H-pyrrole nitrogens is 2. The molecule has 1 amide bonds. The number of rotatable bonds is 6. The topological polar surface area (TPSA) is 115 Å². The first-order valence-electron chi connectivity index (χ1n) is 6.55. The second-order valence-electron chi connectivity index (χ2n) is 5.13. The molecule has 7 nitrogen and oxygen atoms in total. The summed E-state index contributed by atoms with van der Waals surface area (Å²) in [5.74, 6) is -0.242. The van der Waals surface area contributed by atoms with Crippen LogP contribution in [0.3, 0.4) is 0 Å². The van der Waals surface area contributed by atoms with Crippen LogP contribution in [0.2, 0.25) is 0 Å². The highest BCUT2D eigenvalue weighted by molar-refractivity contribution is 5.77. The lowest BCUT2D eigenvalue weighted by atomic mass is 9.99. The Balaban J connectivity index is 2.71. The van der Waals surface area contributed by atoms with Crippen LogP contribution in [0, 0.1) is 6.92 Å². The minimum atomic E-state index is -0.649. The van der Waals surface area contributed by atoms with Gasteiger partial charge >= 0.3 is 5.69 Å². The van der Waals surface area contributed by atoms with Crippen molar-refractivity contribution in [2.45, 2.75) is 45.6 Å². The van der Waals surface area contributed by atoms with Crippen molar-refractivity contribution >= 4 is 5.91 Å². The zero-order valence-electron chi connectivity index (χ0n) is 12.0. The first kappa shape index (κ1) is 16.2. The van der Waals surface area contributed by atoms with Crippen molar-refractivity contribution < 1.29 is 9.90 Å². The second-order valence-corrected chi connectivity index (χ2v) is 5.13. The van der Waals surface area contributed by atoms with Gasteiger partial charge in [-0.25, -0.2) is 4.79 Å². The molecule has 0 aliphatic heterocycles. The number of nitrogens with one attached hydrogen (secondary N) is 3. The van der Waals surface area contributed by atoms with Crippen molar-refractivity contribution in [1.29, 1.82) is 0 Å². The van der Waals surface area contributed by atoms with Gasteiger partial charge in [0.25, 0.3) is 5.56 Å². The minimum absolute atomic E-state index is 0.117. The van der Waals surface area contributed by atoms with E-state index in [9.17, 15) is 19.5 Å². The van der Waals surface area contributed by atoms with Crippen LogP contribution in [0.5, 0.6) is 0 Å². The third-order valence-electron chi connectivity index (χ3n) is 3.43. The van der Waals surface area contributed by atoms with Crippen LogP contribution in [0.25, 0.3) is 0 Å². The molecule has 0 saturated heterocycles. The average Bonchev–Trinajstić information content (AvgIpc) is 2.37. The molecule has 0 aromatic carbocycles. The molecule has 1 aromatic heterocycles. The van der Waals surface area contributed by atoms with Crippen LogP contribution >= 0.6 is 0 Å². The molecule has 4 N–H and O–H groups in total. The van der Waals surface area contributed by atoms with E-state index in [2.05, 4.69) is 15.3 Å². The van der Waals surface area contributed by atoms with Gasteiger partial charge in [0.2, 0.25) is 5.91 Å². The Morgan fingerprint density at radius 3 is 2.50 bits per heavy atom. The number of aliphatic hydroxyl groups is 1. The van der Waals surface area contributed by atoms with Gasteiger partial charge in [0, 0.05) is 17.7 Å². The lowest BCUT2D eigenvalue weighted by molar-refractivity contribution is -0.123. The predicted octanol–water partition coefficient (Wildman–Crippen LogP) is -0.419. The molecule has 20 heavy (non-hydrogen) atoms. The van der Waals surface area contributed by atoms with E-state index in [1.807, 2.05) is 6.92 Å². The van der Waals surface area contributed by atoms with Crippen molar-refractivity contribution in [3.8, 4) is 0 Å². The van der Waals surface area contributed by atoms with E-state index in [0.29, 0.717) is 17.7 Å². The maximum Gasteiger partial charge on any atom is 0.325 e. The predicted molar refractivity (Wildman–Crippen MR) is 74.7 cm³/mol. The van der Waals surface area contributed by atoms with Crippen molar-refractivity contribution in [2.24, 2.45) is 0 Å². The SMILES string of the molecule is CCC(C)(CO)NC(=O)CCc1c(C)[nH]c(=O)[nH]c1=O. The summed E-state index contributed by atoms with van der Waals surface area (Å²) in [5, 5.41) is 12.0. The van der Waals surface area contributed by atoms with Crippen LogP contribution in [0.1, 0.15) is 37.9 Å². The lowest BCUT2D eigenvalue weighted by Gasteiger charge is -2.27. The van der Waals surface area contributed by atoms with Crippen LogP contribution in [-0.2, 0) is 11.2 Å². The van der Waals surface area contributed by atoms with Gasteiger partial charge in [-0.2, -0.15) is 0 Å². The summed E-state index contributed by atoms with van der Waals surface area (Å²) in [7, 11) is 0. The van der Waals surface area contributed by atoms with Gasteiger partial charge in [0.15, 0.2) is 0 Å². The van der Waals surface area contributed by atoms with Crippen molar-refractivity contribution in [2.75, 3.05) is 6.61 Å². The van der Waals surface area contributed by atoms with Gasteiger partial charge in [-0.15, -0.1) is 0 Å². The van der Waals surface area contributed by atoms with Gasteiger partial charge in [-0.3, -0.25) is 14.6 Å². The lowest BCUT2D eigenvalue weighted by Crippen LogP contribution is -2.48. The fraction of sp³-hybridized carbons (Fsp3) is 0.615. The van der Waals surface area contributed by atoms with Gasteiger partial charge in [0.05, 0.1) is 12.1 Å². The standard InChI is InChI=1S/C13H21N3O4/c1-4-13(3,7-17)16-10(18)6-5-9-8(2)14-12(20)15-11(9)19/h17H,4-7H2,1-3H3,(H,16,18)(H2,14,15,19,20). The number of aryl methyl sites for hydroxylation is 1. The number of carbonyl (C=O) groups excluding carboxylic acids is 1. The maximum atomic E-state index is 11.8. The molecule has 7 heteroatoms. The number of amides is 1. The summed E-state index contributed by atoms with van der Waals surface area (Å²) in [5.41, 5.74) is -0.822. The van der Waals surface area contributed by atoms with Crippen LogP contribution in [0.15, 0.2) is 9.59 Å². The summed E-state index contributed by atoms with van der Waals surface area (Å²) in [6.07, 6.45) is 0.952. The fourth-order valence-electron chi connectivity index (χ4n) is 1.80. The quantitative estimate of drug-likeness (QED) is 0.567. The maximum absolute atomic E-state index is 11.8. The fourth-order valence-corrected chi connectivity index (χ4v) is 1.80. The molecule has 1 heterocycles. The molecule has 0 spiro atoms. The number of carbonyl (C=O) groups is 1. The number of aliphatic hydroxyl groups excluding tert-OH is 1. The molecule has 0 saturated carbocycles. The van der Waals surface area contributed by atoms with Crippen LogP contribution < -0.4 is 16.6 Å². The monoisotopic (exact) mass is 283 g/mol. The van der Waals surface area contributed by atoms with E-state index in [1.165, 1.54) is 0 Å². The Bertz CT molecular complexity index is 584. The van der Waals surface area contributed by atoms with Gasteiger partial charge in [-0.1, -0.05) is 6.92 Å². The number of hydrogen-bond acceptors (Lipinski definition) is 4. The highest BCUT2D eigenvalue weighted by Gasteiger charge is 2.23. The zero-order valence-corrected chi connectivity index (χ0v) is 12.0. The third-order valence-corrected chi connectivity index (χ3v) is 3.43. The van der Waals surface area contributed by atoms with Gasteiger partial charge in [0.1, 0.15) is 0 Å². The summed E-state index contributed by atoms with van der Waals surface area (Å²) in [4.78, 5) is 39.1. The van der Waals surface area contributed by atoms with Crippen LogP contribution in [0.4, 0.5) is 0 Å². The molecular weight excluding hydrogens is 262 g/mol. The molecule has 112 valence electrons. The number of aromatic nitrogens is 2. The third kappa shape index (κ3) is 4.06. The van der Waals surface area contributed by atoms with Crippen LogP contribution in [-0.4, -0.2) is 33.1 Å². The molecule has 1 rings (SSSR count). The average molecular weight is 283 g/mol. The Hall–Kier alpha value is -1.89. The van der Waals surface area contributed by atoms with E-state index in [4.69, 9.17) is 0 Å². The van der Waals surface area contributed by atoms with Crippen molar-refractivity contribution in [3.63, 3.8) is 0 Å². The van der Waals surface area contributed by atoms with E-state index in [0.717, 1.165) is 0 Å². The highest BCUT2D eigenvalue weighted by Crippen LogP contribution is 2.08. The Labute approximate surface area is 116 Å². The van der Waals surface area contributed by atoms with E-state index in [1.54, 1.807) is 13.8 Å². The molecule has 1 unspecified atom stereocenters. The summed E-state index contributed by atoms with van der Waals surface area (Å²) in [6.45, 7) is 5.09. The molecule has 1 atom stereocenters. The van der Waals surface area contributed by atoms with Crippen molar-refractivity contribution in [3.05, 3.63) is 32.1 Å². The van der Waals surface area contributed by atoms with E-state index < -0.39 is 16.8 Å². The normalized spacial score (nSPS) is 13.8. The van der Waals surface area contributed by atoms with E-state index in [-0.39, 0.29) is 25.4 Å². The highest BCUT2D eigenvalue weighted by atomic mass is 16.3. The molecule has 0 aliphatic rings. The second kappa shape index (κ2) is 6.51. The largest absolute Gasteiger partial charge is 0.394 e. The Morgan fingerprint density at radius 2 is 2.00 bits per heavy atom. The van der Waals surface area contributed by atoms with Gasteiger partial charge < -0.3 is 15.4 Å². The smallest absolute Gasteiger partial charge is 0.325 e. The first-order valence-corrected chi connectivity index (χ1v) is 6.55. The number of hydrogen-bond donors (Lipinski definition) is 4. The molecule has 1 aromatic rings. The minimum Gasteiger partial charge on any atom is -0.394 e. The zero-order chi connectivity index (χ0) is 15.3. The molecule has 0 aliphatic carbocycles. The van der Waals surface area contributed by atoms with Crippen molar-refractivity contribution in [1.82, 2.24) is 15.3 Å². The summed E-state index contributed by atoms with van der Waals surface area (Å²) in [6, 6.07) is 0. The molecular formula is C13H21N3O4.